The summed E-state index contributed by atoms with van der Waals surface area (Å²) < 4.78 is 0. The molecule has 1 aromatic rings. The number of nitrogen functional groups attached to an aromatic ring is 1. The number of anilines is 1. The van der Waals surface area contributed by atoms with E-state index in [1.165, 1.54) is 11.3 Å². The molecule has 1 fully saturated rings. The number of aromatic nitrogens is 1. The van der Waals surface area contributed by atoms with Crippen molar-refractivity contribution >= 4 is 22.4 Å². The third-order valence-corrected chi connectivity index (χ3v) is 3.00. The van der Waals surface area contributed by atoms with E-state index in [0.29, 0.717) is 16.9 Å². The van der Waals surface area contributed by atoms with Crippen molar-refractivity contribution in [1.29, 1.82) is 0 Å². The molecule has 0 aromatic carbocycles. The average Bonchev–Trinajstić information content (AvgIpc) is 2.90. The Labute approximate surface area is 86.7 Å². The topological polar surface area (TPSA) is 59.2 Å². The van der Waals surface area contributed by atoms with Crippen molar-refractivity contribution in [2.45, 2.75) is 25.8 Å². The molecule has 1 saturated carbocycles. The van der Waals surface area contributed by atoms with Gasteiger partial charge in [0.25, 0.3) is 5.91 Å². The lowest BCUT2D eigenvalue weighted by Gasteiger charge is -2.18. The van der Waals surface area contributed by atoms with Crippen molar-refractivity contribution in [3.05, 3.63) is 11.1 Å². The molecule has 4 nitrogen and oxygen atoms in total. The molecule has 0 saturated heterocycles. The van der Waals surface area contributed by atoms with Crippen LogP contribution in [0.4, 0.5) is 5.13 Å². The summed E-state index contributed by atoms with van der Waals surface area (Å²) in [5.74, 6) is 0.0166. The minimum Gasteiger partial charge on any atom is -0.375 e. The maximum atomic E-state index is 11.9. The Hall–Kier alpha value is -1.10. The second-order valence-corrected chi connectivity index (χ2v) is 4.28. The number of hydrogen-bond donors (Lipinski definition) is 1. The zero-order chi connectivity index (χ0) is 10.1. The summed E-state index contributed by atoms with van der Waals surface area (Å²) in [6, 6.07) is 0.440. The van der Waals surface area contributed by atoms with Gasteiger partial charge in [-0.05, 0) is 19.8 Å². The fraction of sp³-hybridized carbons (Fsp3) is 0.556. The van der Waals surface area contributed by atoms with E-state index in [1.807, 2.05) is 11.8 Å². The largest absolute Gasteiger partial charge is 0.375 e. The predicted octanol–water partition coefficient (Wildman–Crippen LogP) is 1.35. The van der Waals surface area contributed by atoms with E-state index in [4.69, 9.17) is 5.73 Å². The smallest absolute Gasteiger partial charge is 0.273 e. The van der Waals surface area contributed by atoms with Crippen molar-refractivity contribution in [3.8, 4) is 0 Å². The summed E-state index contributed by atoms with van der Waals surface area (Å²) in [6.07, 6.45) is 2.25. The van der Waals surface area contributed by atoms with Gasteiger partial charge < -0.3 is 10.6 Å². The Balaban J connectivity index is 2.13. The van der Waals surface area contributed by atoms with E-state index < -0.39 is 0 Å². The van der Waals surface area contributed by atoms with Crippen LogP contribution in [0.25, 0.3) is 0 Å². The molecule has 1 aromatic heterocycles. The zero-order valence-electron chi connectivity index (χ0n) is 8.06. The van der Waals surface area contributed by atoms with Gasteiger partial charge in [-0.1, -0.05) is 0 Å². The second kappa shape index (κ2) is 3.57. The van der Waals surface area contributed by atoms with Crippen LogP contribution < -0.4 is 5.73 Å². The van der Waals surface area contributed by atoms with E-state index in [-0.39, 0.29) is 5.91 Å². The van der Waals surface area contributed by atoms with Crippen molar-refractivity contribution in [1.82, 2.24) is 9.88 Å². The number of thiazole rings is 1. The Morgan fingerprint density at radius 3 is 2.93 bits per heavy atom. The van der Waals surface area contributed by atoms with Gasteiger partial charge >= 0.3 is 0 Å². The van der Waals surface area contributed by atoms with Crippen molar-refractivity contribution in [2.75, 3.05) is 12.3 Å². The van der Waals surface area contributed by atoms with E-state index in [2.05, 4.69) is 4.98 Å². The molecule has 1 aliphatic carbocycles. The van der Waals surface area contributed by atoms with Gasteiger partial charge in [0.1, 0.15) is 5.69 Å². The molecule has 0 atom stereocenters. The summed E-state index contributed by atoms with van der Waals surface area (Å²) in [6.45, 7) is 2.74. The van der Waals surface area contributed by atoms with Crippen LogP contribution in [0.3, 0.4) is 0 Å². The minimum atomic E-state index is 0.0166. The van der Waals surface area contributed by atoms with Crippen LogP contribution in [0, 0.1) is 0 Å². The Morgan fingerprint density at radius 2 is 2.50 bits per heavy atom. The van der Waals surface area contributed by atoms with Crippen molar-refractivity contribution < 1.29 is 4.79 Å². The fourth-order valence-corrected chi connectivity index (χ4v) is 2.02. The van der Waals surface area contributed by atoms with Crippen LogP contribution in [0.5, 0.6) is 0 Å². The van der Waals surface area contributed by atoms with Gasteiger partial charge in [0, 0.05) is 18.0 Å². The van der Waals surface area contributed by atoms with E-state index in [9.17, 15) is 4.79 Å². The lowest BCUT2D eigenvalue weighted by Crippen LogP contribution is -2.33. The molecular weight excluding hydrogens is 198 g/mol. The highest BCUT2D eigenvalue weighted by molar-refractivity contribution is 7.13. The Bertz CT molecular complexity index is 346. The molecule has 1 aliphatic rings. The maximum Gasteiger partial charge on any atom is 0.273 e. The molecular formula is C9H13N3OS. The van der Waals surface area contributed by atoms with Crippen molar-refractivity contribution in [2.24, 2.45) is 0 Å². The maximum absolute atomic E-state index is 11.9. The number of carbonyl (C=O) groups is 1. The molecule has 0 spiro atoms. The third-order valence-electron chi connectivity index (χ3n) is 2.33. The molecule has 0 unspecified atom stereocenters. The first-order chi connectivity index (χ1) is 6.72. The molecule has 2 N–H and O–H groups in total. The Kier molecular flexibility index (Phi) is 2.41. The SMILES string of the molecule is CCN(C(=O)c1csc(N)n1)C1CC1. The van der Waals surface area contributed by atoms with Gasteiger partial charge in [-0.3, -0.25) is 4.79 Å². The van der Waals surface area contributed by atoms with Gasteiger partial charge in [0.05, 0.1) is 0 Å². The van der Waals surface area contributed by atoms with E-state index >= 15 is 0 Å². The van der Waals surface area contributed by atoms with Gasteiger partial charge in [0.15, 0.2) is 5.13 Å². The highest BCUT2D eigenvalue weighted by atomic mass is 32.1. The number of rotatable bonds is 3. The lowest BCUT2D eigenvalue weighted by molar-refractivity contribution is 0.0747. The zero-order valence-corrected chi connectivity index (χ0v) is 8.88. The lowest BCUT2D eigenvalue weighted by atomic mass is 10.4. The third kappa shape index (κ3) is 1.72. The first-order valence-corrected chi connectivity index (χ1v) is 5.62. The van der Waals surface area contributed by atoms with Gasteiger partial charge in [-0.15, -0.1) is 11.3 Å². The second-order valence-electron chi connectivity index (χ2n) is 3.39. The highest BCUT2D eigenvalue weighted by Gasteiger charge is 2.32. The van der Waals surface area contributed by atoms with Crippen LogP contribution in [0.15, 0.2) is 5.38 Å². The summed E-state index contributed by atoms with van der Waals surface area (Å²) in [7, 11) is 0. The molecule has 2 rings (SSSR count). The fourth-order valence-electron chi connectivity index (χ4n) is 1.49. The average molecular weight is 211 g/mol. The van der Waals surface area contributed by atoms with Crippen LogP contribution in [-0.2, 0) is 0 Å². The molecule has 76 valence electrons. The first-order valence-electron chi connectivity index (χ1n) is 4.74. The number of hydrogen-bond acceptors (Lipinski definition) is 4. The van der Waals surface area contributed by atoms with E-state index in [0.717, 1.165) is 19.4 Å². The molecule has 1 amide bonds. The van der Waals surface area contributed by atoms with Crippen LogP contribution in [0.2, 0.25) is 0 Å². The van der Waals surface area contributed by atoms with Gasteiger partial charge in [-0.2, -0.15) is 0 Å². The molecule has 5 heteroatoms. The normalized spacial score (nSPS) is 15.5. The monoisotopic (exact) mass is 211 g/mol. The minimum absolute atomic E-state index is 0.0166. The molecule has 0 radical (unpaired) electrons. The first kappa shape index (κ1) is 9.45. The van der Waals surface area contributed by atoms with Crippen LogP contribution in [-0.4, -0.2) is 28.4 Å². The summed E-state index contributed by atoms with van der Waals surface area (Å²) in [5.41, 5.74) is 5.97. The predicted molar refractivity (Wildman–Crippen MR) is 56.3 cm³/mol. The molecule has 0 bridgehead atoms. The highest BCUT2D eigenvalue weighted by Crippen LogP contribution is 2.28. The number of amides is 1. The molecule has 0 aliphatic heterocycles. The summed E-state index contributed by atoms with van der Waals surface area (Å²) in [5, 5.41) is 2.18. The standard InChI is InChI=1S/C9H13N3OS/c1-2-12(6-3-4-6)8(13)7-5-14-9(10)11-7/h5-6H,2-4H2,1H3,(H2,10,11). The summed E-state index contributed by atoms with van der Waals surface area (Å²) in [4.78, 5) is 17.7. The number of nitrogens with two attached hydrogens (primary N) is 1. The van der Waals surface area contributed by atoms with E-state index in [1.54, 1.807) is 5.38 Å². The summed E-state index contributed by atoms with van der Waals surface area (Å²) >= 11 is 1.31. The van der Waals surface area contributed by atoms with Gasteiger partial charge in [-0.25, -0.2) is 4.98 Å². The number of carbonyl (C=O) groups excluding carboxylic acids is 1. The number of nitrogens with zero attached hydrogens (tertiary/aromatic N) is 2. The molecule has 1 heterocycles. The molecule has 14 heavy (non-hydrogen) atoms. The Morgan fingerprint density at radius 1 is 1.79 bits per heavy atom. The quantitative estimate of drug-likeness (QED) is 0.821. The van der Waals surface area contributed by atoms with Gasteiger partial charge in [0.2, 0.25) is 0 Å². The van der Waals surface area contributed by atoms with Crippen LogP contribution >= 0.6 is 11.3 Å². The van der Waals surface area contributed by atoms with Crippen LogP contribution in [0.1, 0.15) is 30.3 Å². The van der Waals surface area contributed by atoms with Crippen molar-refractivity contribution in [3.63, 3.8) is 0 Å².